The maximum atomic E-state index is 16.0. The number of hydrogen-bond donors (Lipinski definition) is 4. The number of fused-ring (bicyclic) bond motifs is 3. The Kier molecular flexibility index (Phi) is 17.4. The Labute approximate surface area is 418 Å². The van der Waals surface area contributed by atoms with E-state index in [1.54, 1.807) is 11.3 Å². The molecule has 2 unspecified atom stereocenters. The summed E-state index contributed by atoms with van der Waals surface area (Å²) < 4.78 is 64.3. The van der Waals surface area contributed by atoms with Gasteiger partial charge in [-0.15, -0.1) is 11.3 Å². The van der Waals surface area contributed by atoms with E-state index in [0.717, 1.165) is 38.2 Å². The first-order valence-electron chi connectivity index (χ1n) is 24.6. The molecule has 0 bridgehead atoms. The molecule has 3 amide bonds. The van der Waals surface area contributed by atoms with Crippen LogP contribution in [0.5, 0.6) is 5.75 Å². The molecule has 1 fully saturated rings. The van der Waals surface area contributed by atoms with Gasteiger partial charge in [0.15, 0.2) is 0 Å². The number of para-hydroxylation sites is 1. The first-order valence-corrected chi connectivity index (χ1v) is 25.5. The normalized spacial score (nSPS) is 19.4. The average molecular weight is 1000 g/mol. The number of H-pyrrole nitrogens is 1. The SMILES string of the molecule is Cc1ncsc1-c1ccc(C(C)NC(=O)[C@@H]2C[C@@H](O)CN2C(=O)C(NC(=O)COCCCCOCCCOc2cc(F)c([C@@H]3c4[nH]c5ccccc5c4C[C@@H](C)N3CC(C)(C)F)c(F)c2)C(C)(C)C)cc1. The number of carbonyl (C=O) groups is 3. The van der Waals surface area contributed by atoms with Crippen LogP contribution in [0.2, 0.25) is 0 Å². The van der Waals surface area contributed by atoms with E-state index in [1.165, 1.54) is 30.9 Å². The number of benzene rings is 3. The van der Waals surface area contributed by atoms with Crippen LogP contribution in [0.4, 0.5) is 13.2 Å². The average Bonchev–Trinajstić information content (AvgIpc) is 4.03. The Bertz CT molecular complexity index is 2600. The minimum atomic E-state index is -1.60. The highest BCUT2D eigenvalue weighted by Gasteiger charge is 2.45. The highest BCUT2D eigenvalue weighted by molar-refractivity contribution is 7.13. The fourth-order valence-electron chi connectivity index (χ4n) is 9.65. The molecule has 4 heterocycles. The Balaban J connectivity index is 0.815. The summed E-state index contributed by atoms with van der Waals surface area (Å²) in [5.41, 5.74) is 4.72. The van der Waals surface area contributed by atoms with Gasteiger partial charge in [0.1, 0.15) is 41.7 Å². The van der Waals surface area contributed by atoms with Gasteiger partial charge in [0, 0.05) is 86.1 Å². The van der Waals surface area contributed by atoms with Gasteiger partial charge in [-0.3, -0.25) is 19.3 Å². The summed E-state index contributed by atoms with van der Waals surface area (Å²) in [5, 5.41) is 17.4. The summed E-state index contributed by atoms with van der Waals surface area (Å²) in [6, 6.07) is 14.7. The third-order valence-electron chi connectivity index (χ3n) is 13.2. The lowest BCUT2D eigenvalue weighted by molar-refractivity contribution is -0.144. The van der Waals surface area contributed by atoms with E-state index < -0.39 is 58.8 Å². The fraction of sp³-hybridized carbons (Fsp3) is 0.519. The van der Waals surface area contributed by atoms with Gasteiger partial charge in [0.2, 0.25) is 17.7 Å². The van der Waals surface area contributed by atoms with Crippen LogP contribution in [0.25, 0.3) is 21.3 Å². The van der Waals surface area contributed by atoms with Crippen LogP contribution in [0.3, 0.4) is 0 Å². The standard InChI is InChI=1S/C54H69F3N6O7S/c1-32-24-40-39-14-9-10-15-43(39)60-47(40)48(63(32)30-54(7,8)57)46-41(55)26-38(27-42(46)56)70-23-13-22-68-20-11-12-21-69-29-45(65)61-50(53(4,5)6)52(67)62-28-37(64)25-44(62)51(66)59-33(2)35-16-18-36(19-17-35)49-34(3)58-31-71-49/h9-10,14-19,26-27,31-33,37,44,48,50,60,64H,11-13,20-25,28-30H2,1-8H3,(H,59,66)(H,61,65)/t32-,33?,37-,44+,48-,50?/m1/s1. The molecule has 0 spiro atoms. The van der Waals surface area contributed by atoms with Crippen LogP contribution < -0.4 is 15.4 Å². The first kappa shape index (κ1) is 53.5. The van der Waals surface area contributed by atoms with Crippen molar-refractivity contribution in [3.63, 3.8) is 0 Å². The van der Waals surface area contributed by atoms with Crippen molar-refractivity contribution in [1.82, 2.24) is 30.4 Å². The van der Waals surface area contributed by atoms with Crippen LogP contribution in [-0.4, -0.2) is 119 Å². The minimum absolute atomic E-state index is 0.0127. The number of aryl methyl sites for hydroxylation is 1. The molecule has 2 aliphatic heterocycles. The third kappa shape index (κ3) is 13.2. The minimum Gasteiger partial charge on any atom is -0.493 e. The molecular formula is C54H69F3N6O7S. The van der Waals surface area contributed by atoms with E-state index in [9.17, 15) is 19.5 Å². The fourth-order valence-corrected chi connectivity index (χ4v) is 10.5. The number of likely N-dealkylation sites (tertiary alicyclic amines) is 1. The van der Waals surface area contributed by atoms with Gasteiger partial charge >= 0.3 is 0 Å². The molecule has 1 saturated heterocycles. The van der Waals surface area contributed by atoms with Crippen molar-refractivity contribution < 1.29 is 46.9 Å². The topological polar surface area (TPSA) is 158 Å². The van der Waals surface area contributed by atoms with Crippen molar-refractivity contribution in [1.29, 1.82) is 0 Å². The number of unbranched alkanes of at least 4 members (excludes halogenated alkanes) is 1. The van der Waals surface area contributed by atoms with Gasteiger partial charge in [0.25, 0.3) is 0 Å². The molecule has 7 rings (SSSR count). The summed E-state index contributed by atoms with van der Waals surface area (Å²) in [6.45, 7) is 15.1. The summed E-state index contributed by atoms with van der Waals surface area (Å²) in [7, 11) is 0. The lowest BCUT2D eigenvalue weighted by Gasteiger charge is -2.43. The molecule has 384 valence electrons. The van der Waals surface area contributed by atoms with Gasteiger partial charge in [0.05, 0.1) is 40.9 Å². The first-order chi connectivity index (χ1) is 33.7. The number of ether oxygens (including phenoxy) is 3. The number of nitrogens with zero attached hydrogens (tertiary/aromatic N) is 3. The summed E-state index contributed by atoms with van der Waals surface area (Å²) >= 11 is 1.56. The lowest BCUT2D eigenvalue weighted by atomic mass is 9.85. The second-order valence-corrected chi connectivity index (χ2v) is 21.5. The van der Waals surface area contributed by atoms with Gasteiger partial charge in [-0.1, -0.05) is 63.2 Å². The molecule has 2 aliphatic rings. The number of alkyl halides is 1. The van der Waals surface area contributed by atoms with E-state index in [2.05, 4.69) is 20.6 Å². The van der Waals surface area contributed by atoms with Crippen molar-refractivity contribution in [2.24, 2.45) is 5.41 Å². The number of β-amino-alcohol motifs (C(OH)–C–C–N with tert-alkyl or cyclic N) is 1. The Morgan fingerprint density at radius 3 is 2.28 bits per heavy atom. The Morgan fingerprint density at radius 1 is 0.944 bits per heavy atom. The van der Waals surface area contributed by atoms with Gasteiger partial charge in [-0.25, -0.2) is 18.2 Å². The van der Waals surface area contributed by atoms with Crippen LogP contribution in [0.1, 0.15) is 114 Å². The molecule has 0 aliphatic carbocycles. The highest BCUT2D eigenvalue weighted by atomic mass is 32.1. The number of hydrogen-bond acceptors (Lipinski definition) is 10. The number of aromatic amines is 1. The van der Waals surface area contributed by atoms with Crippen molar-refractivity contribution in [3.8, 4) is 16.2 Å². The largest absolute Gasteiger partial charge is 0.493 e. The van der Waals surface area contributed by atoms with E-state index in [4.69, 9.17) is 14.2 Å². The van der Waals surface area contributed by atoms with E-state index in [0.29, 0.717) is 44.6 Å². The van der Waals surface area contributed by atoms with Crippen molar-refractivity contribution in [3.05, 3.63) is 106 Å². The van der Waals surface area contributed by atoms with Gasteiger partial charge in [-0.05, 0) is 82.1 Å². The van der Waals surface area contributed by atoms with Crippen LogP contribution in [0.15, 0.2) is 66.2 Å². The van der Waals surface area contributed by atoms with Crippen molar-refractivity contribution in [2.75, 3.05) is 46.1 Å². The molecule has 4 N–H and O–H groups in total. The summed E-state index contributed by atoms with van der Waals surface area (Å²) in [4.78, 5) is 52.8. The smallest absolute Gasteiger partial charge is 0.246 e. The molecular weight excluding hydrogens is 934 g/mol. The zero-order valence-electron chi connectivity index (χ0n) is 42.1. The zero-order valence-corrected chi connectivity index (χ0v) is 42.9. The molecule has 3 aromatic carbocycles. The number of halogens is 3. The molecule has 5 aromatic rings. The molecule has 0 radical (unpaired) electrons. The quantitative estimate of drug-likeness (QED) is 0.0527. The van der Waals surface area contributed by atoms with Gasteiger partial charge < -0.3 is 39.8 Å². The second-order valence-electron chi connectivity index (χ2n) is 20.7. The summed E-state index contributed by atoms with van der Waals surface area (Å²) in [5.74, 6) is -2.81. The van der Waals surface area contributed by atoms with Crippen LogP contribution >= 0.6 is 11.3 Å². The van der Waals surface area contributed by atoms with Gasteiger partial charge in [-0.2, -0.15) is 0 Å². The Hall–Kier alpha value is -5.33. The molecule has 13 nitrogen and oxygen atoms in total. The molecule has 71 heavy (non-hydrogen) atoms. The van der Waals surface area contributed by atoms with Crippen molar-refractivity contribution >= 4 is 40.0 Å². The zero-order chi connectivity index (χ0) is 51.2. The summed E-state index contributed by atoms with van der Waals surface area (Å²) in [6.07, 6.45) is 1.51. The number of aromatic nitrogens is 2. The number of nitrogens with one attached hydrogen (secondary N) is 3. The maximum absolute atomic E-state index is 16.0. The predicted molar refractivity (Wildman–Crippen MR) is 269 cm³/mol. The maximum Gasteiger partial charge on any atom is 0.246 e. The number of thiazole rings is 1. The van der Waals surface area contributed by atoms with Crippen LogP contribution in [0, 0.1) is 24.0 Å². The molecule has 6 atom stereocenters. The predicted octanol–water partition coefficient (Wildman–Crippen LogP) is 8.91. The molecule has 17 heteroatoms. The number of aliphatic hydroxyl groups is 1. The number of aliphatic hydroxyl groups excluding tert-OH is 1. The Morgan fingerprint density at radius 2 is 1.62 bits per heavy atom. The number of carbonyl (C=O) groups excluding carboxylic acids is 3. The number of rotatable bonds is 21. The van der Waals surface area contributed by atoms with E-state index in [-0.39, 0.29) is 68.6 Å². The van der Waals surface area contributed by atoms with E-state index >= 15 is 13.2 Å². The number of amides is 3. The second kappa shape index (κ2) is 23.0. The van der Waals surface area contributed by atoms with E-state index in [1.807, 2.05) is 100 Å². The van der Waals surface area contributed by atoms with Crippen LogP contribution in [-0.2, 0) is 30.3 Å². The molecule has 0 saturated carbocycles. The highest BCUT2D eigenvalue weighted by Crippen LogP contribution is 2.44. The molecule has 2 aromatic heterocycles. The lowest BCUT2D eigenvalue weighted by Crippen LogP contribution is -2.58. The van der Waals surface area contributed by atoms with Crippen molar-refractivity contribution in [2.45, 2.75) is 129 Å². The third-order valence-corrected chi connectivity index (χ3v) is 14.2. The monoisotopic (exact) mass is 1000 g/mol.